The van der Waals surface area contributed by atoms with Crippen LogP contribution in [0.5, 0.6) is 0 Å². The molecule has 1 aromatic rings. The summed E-state index contributed by atoms with van der Waals surface area (Å²) in [6.07, 6.45) is 5.30. The summed E-state index contributed by atoms with van der Waals surface area (Å²) >= 11 is 0. The van der Waals surface area contributed by atoms with E-state index in [4.69, 9.17) is 0 Å². The van der Waals surface area contributed by atoms with Gasteiger partial charge in [-0.05, 0) is 25.2 Å². The lowest BCUT2D eigenvalue weighted by molar-refractivity contribution is 0.0305. The number of likely N-dealkylation sites (tertiary alicyclic amines) is 1. The van der Waals surface area contributed by atoms with Gasteiger partial charge in [0, 0.05) is 12.1 Å². The summed E-state index contributed by atoms with van der Waals surface area (Å²) in [4.78, 5) is 21.2. The fraction of sp³-hybridized carbons (Fsp3) is 0.692. The van der Waals surface area contributed by atoms with Gasteiger partial charge in [-0.15, -0.1) is 0 Å². The molecule has 0 spiro atoms. The summed E-state index contributed by atoms with van der Waals surface area (Å²) in [5, 5.41) is 0. The number of H-pyrrole nitrogens is 1. The van der Waals surface area contributed by atoms with Crippen LogP contribution in [0.4, 0.5) is 0 Å². The van der Waals surface area contributed by atoms with Gasteiger partial charge in [-0.2, -0.15) is 13.5 Å². The molecule has 0 radical (unpaired) electrons. The highest BCUT2D eigenvalue weighted by atomic mass is 32.1. The van der Waals surface area contributed by atoms with Crippen molar-refractivity contribution in [3.05, 3.63) is 18.2 Å². The van der Waals surface area contributed by atoms with Crippen molar-refractivity contribution in [1.82, 2.24) is 14.9 Å². The molecule has 1 aliphatic rings. The Labute approximate surface area is 116 Å². The highest BCUT2D eigenvalue weighted by molar-refractivity contribution is 7.59. The van der Waals surface area contributed by atoms with Gasteiger partial charge in [0.15, 0.2) is 0 Å². The molecule has 0 unspecified atom stereocenters. The summed E-state index contributed by atoms with van der Waals surface area (Å²) in [5.41, 5.74) is 0.594. The summed E-state index contributed by atoms with van der Waals surface area (Å²) in [5.74, 6) is 0.0671. The molecular formula is C13H23N3OS. The van der Waals surface area contributed by atoms with Crippen molar-refractivity contribution in [3.63, 3.8) is 0 Å². The topological polar surface area (TPSA) is 49.0 Å². The summed E-state index contributed by atoms with van der Waals surface area (Å²) in [6, 6.07) is 0. The second-order valence-corrected chi connectivity index (χ2v) is 6.05. The van der Waals surface area contributed by atoms with Gasteiger partial charge in [0.25, 0.3) is 5.91 Å². The van der Waals surface area contributed by atoms with E-state index in [1.165, 1.54) is 0 Å². The minimum Gasteiger partial charge on any atom is -0.341 e. The Balaban J connectivity index is 0.00000162. The van der Waals surface area contributed by atoms with Crippen LogP contribution >= 0.6 is 13.5 Å². The van der Waals surface area contributed by atoms with E-state index in [0.717, 1.165) is 19.4 Å². The number of hydrogen-bond donors (Lipinski definition) is 1. The Morgan fingerprint density at radius 2 is 2.17 bits per heavy atom. The quantitative estimate of drug-likeness (QED) is 0.852. The Hall–Kier alpha value is -0.970. The summed E-state index contributed by atoms with van der Waals surface area (Å²) < 4.78 is 0. The Morgan fingerprint density at radius 3 is 2.67 bits per heavy atom. The predicted octanol–water partition coefficient (Wildman–Crippen LogP) is 2.56. The molecule has 2 rings (SSSR count). The van der Waals surface area contributed by atoms with E-state index in [9.17, 15) is 4.79 Å². The third-order valence-electron chi connectivity index (χ3n) is 4.23. The lowest BCUT2D eigenvalue weighted by Crippen LogP contribution is -2.53. The van der Waals surface area contributed by atoms with Gasteiger partial charge in [-0.3, -0.25) is 4.79 Å². The number of rotatable bonds is 1. The van der Waals surface area contributed by atoms with Crippen molar-refractivity contribution in [2.24, 2.45) is 5.41 Å². The molecule has 0 aromatic carbocycles. The number of carbonyl (C=O) groups excluding carboxylic acids is 1. The van der Waals surface area contributed by atoms with Crippen LogP contribution in [0.3, 0.4) is 0 Å². The van der Waals surface area contributed by atoms with E-state index in [1.54, 1.807) is 12.5 Å². The fourth-order valence-corrected chi connectivity index (χ4v) is 2.59. The molecule has 1 aliphatic heterocycles. The normalized spacial score (nSPS) is 23.9. The second-order valence-electron chi connectivity index (χ2n) is 6.05. The molecule has 1 fully saturated rings. The number of imidazole rings is 1. The molecule has 1 aromatic heterocycles. The maximum atomic E-state index is 12.4. The van der Waals surface area contributed by atoms with Crippen LogP contribution in [-0.4, -0.2) is 32.9 Å². The number of nitrogens with zero attached hydrogens (tertiary/aromatic N) is 2. The molecule has 4 nitrogen and oxygen atoms in total. The molecule has 1 atom stereocenters. The summed E-state index contributed by atoms with van der Waals surface area (Å²) in [7, 11) is 0. The first-order chi connectivity index (χ1) is 7.86. The van der Waals surface area contributed by atoms with E-state index < -0.39 is 0 Å². The molecule has 18 heavy (non-hydrogen) atoms. The first kappa shape index (κ1) is 15.1. The van der Waals surface area contributed by atoms with Crippen LogP contribution in [0, 0.1) is 5.41 Å². The third-order valence-corrected chi connectivity index (χ3v) is 4.23. The van der Waals surface area contributed by atoms with E-state index in [-0.39, 0.29) is 30.4 Å². The third kappa shape index (κ3) is 2.28. The van der Waals surface area contributed by atoms with Crippen LogP contribution in [0.2, 0.25) is 0 Å². The minimum atomic E-state index is -0.0742. The van der Waals surface area contributed by atoms with Crippen molar-refractivity contribution in [2.75, 3.05) is 6.54 Å². The van der Waals surface area contributed by atoms with E-state index in [2.05, 4.69) is 37.7 Å². The molecule has 0 bridgehead atoms. The number of hydrogen-bond acceptors (Lipinski definition) is 2. The fourth-order valence-electron chi connectivity index (χ4n) is 2.59. The van der Waals surface area contributed by atoms with Crippen LogP contribution in [0.15, 0.2) is 12.5 Å². The van der Waals surface area contributed by atoms with Gasteiger partial charge in [0.1, 0.15) is 5.69 Å². The van der Waals surface area contributed by atoms with Gasteiger partial charge in [-0.25, -0.2) is 4.98 Å². The van der Waals surface area contributed by atoms with Gasteiger partial charge in [0.05, 0.1) is 12.5 Å². The van der Waals surface area contributed by atoms with Crippen LogP contribution in [0.25, 0.3) is 0 Å². The first-order valence-corrected chi connectivity index (χ1v) is 6.16. The number of amides is 1. The maximum Gasteiger partial charge on any atom is 0.272 e. The molecule has 1 amide bonds. The van der Waals surface area contributed by atoms with Crippen LogP contribution < -0.4 is 0 Å². The van der Waals surface area contributed by atoms with Crippen molar-refractivity contribution in [1.29, 1.82) is 0 Å². The van der Waals surface area contributed by atoms with Crippen LogP contribution in [-0.2, 0) is 0 Å². The monoisotopic (exact) mass is 269 g/mol. The predicted molar refractivity (Wildman–Crippen MR) is 77.1 cm³/mol. The summed E-state index contributed by atoms with van der Waals surface area (Å²) in [6.45, 7) is 9.63. The molecule has 0 saturated carbocycles. The highest BCUT2D eigenvalue weighted by Crippen LogP contribution is 2.43. The number of carbonyl (C=O) groups is 1. The molecule has 2 heterocycles. The van der Waals surface area contributed by atoms with E-state index in [0.29, 0.717) is 5.69 Å². The number of nitrogens with one attached hydrogen (secondary N) is 1. The Morgan fingerprint density at radius 1 is 1.50 bits per heavy atom. The van der Waals surface area contributed by atoms with Crippen molar-refractivity contribution in [3.8, 4) is 0 Å². The number of aromatic nitrogens is 2. The zero-order chi connectivity index (χ0) is 12.7. The molecule has 1 saturated heterocycles. The molecule has 102 valence electrons. The second kappa shape index (κ2) is 4.96. The largest absolute Gasteiger partial charge is 0.341 e. The van der Waals surface area contributed by atoms with Gasteiger partial charge in [-0.1, -0.05) is 20.8 Å². The van der Waals surface area contributed by atoms with Crippen molar-refractivity contribution < 1.29 is 4.79 Å². The lowest BCUT2D eigenvalue weighted by Gasteiger charge is -2.45. The van der Waals surface area contributed by atoms with E-state index in [1.807, 2.05) is 4.90 Å². The maximum absolute atomic E-state index is 12.4. The SMILES string of the molecule is CC(C)(C)[C@]1(C)CCCN1C(=O)c1cnc[nH]1.S. The zero-order valence-corrected chi connectivity index (χ0v) is 12.6. The number of aromatic amines is 1. The molecule has 5 heteroatoms. The van der Waals surface area contributed by atoms with Crippen molar-refractivity contribution in [2.45, 2.75) is 46.1 Å². The van der Waals surface area contributed by atoms with Gasteiger partial charge >= 0.3 is 0 Å². The first-order valence-electron chi connectivity index (χ1n) is 6.16. The zero-order valence-electron chi connectivity index (χ0n) is 11.6. The van der Waals surface area contributed by atoms with Gasteiger partial charge in [0.2, 0.25) is 0 Å². The molecule has 1 N–H and O–H groups in total. The molecule has 0 aliphatic carbocycles. The van der Waals surface area contributed by atoms with E-state index >= 15 is 0 Å². The average Bonchev–Trinajstić information content (AvgIpc) is 2.84. The van der Waals surface area contributed by atoms with Crippen molar-refractivity contribution >= 4 is 19.4 Å². The Kier molecular flexibility index (Phi) is 4.15. The lowest BCUT2D eigenvalue weighted by atomic mass is 9.73. The van der Waals surface area contributed by atoms with Gasteiger partial charge < -0.3 is 9.88 Å². The highest BCUT2D eigenvalue weighted by Gasteiger charge is 2.48. The standard InChI is InChI=1S/C13H21N3O.H2S/c1-12(2,3)13(4)6-5-7-16(13)11(17)10-8-14-9-15-10;/h8-9H,5-7H2,1-4H3,(H,14,15);1H2/t13-;/m0./s1. The average molecular weight is 269 g/mol. The minimum absolute atomic E-state index is 0. The van der Waals surface area contributed by atoms with Crippen LogP contribution in [0.1, 0.15) is 51.0 Å². The molecular weight excluding hydrogens is 246 g/mol. The smallest absolute Gasteiger partial charge is 0.272 e. The Bertz CT molecular complexity index is 410.